The SMILES string of the molecule is O=C(Oc1ccccc1O)c1nc2ccccc2o1.[Li]. The van der Waals surface area contributed by atoms with Gasteiger partial charge in [-0.25, -0.2) is 9.78 Å². The number of hydrogen-bond acceptors (Lipinski definition) is 5. The normalized spacial score (nSPS) is 10.0. The predicted molar refractivity (Wildman–Crippen MR) is 72.8 cm³/mol. The number of carbonyl (C=O) groups is 1. The number of aromatic nitrogens is 1. The van der Waals surface area contributed by atoms with Crippen molar-refractivity contribution >= 4 is 35.9 Å². The molecule has 0 saturated carbocycles. The molecular formula is C14H9LiNO4. The van der Waals surface area contributed by atoms with E-state index in [0.29, 0.717) is 11.1 Å². The van der Waals surface area contributed by atoms with Gasteiger partial charge in [0.05, 0.1) is 0 Å². The van der Waals surface area contributed by atoms with E-state index in [1.54, 1.807) is 36.4 Å². The largest absolute Gasteiger partial charge is 0.504 e. The van der Waals surface area contributed by atoms with E-state index >= 15 is 0 Å². The van der Waals surface area contributed by atoms with Crippen molar-refractivity contribution in [3.05, 3.63) is 54.4 Å². The van der Waals surface area contributed by atoms with E-state index in [2.05, 4.69) is 4.98 Å². The number of para-hydroxylation sites is 4. The Kier molecular flexibility index (Phi) is 4.13. The van der Waals surface area contributed by atoms with Gasteiger partial charge in [0, 0.05) is 18.9 Å². The molecular weight excluding hydrogens is 253 g/mol. The Labute approximate surface area is 126 Å². The van der Waals surface area contributed by atoms with E-state index in [-0.39, 0.29) is 36.3 Å². The van der Waals surface area contributed by atoms with Crippen LogP contribution in [0.2, 0.25) is 0 Å². The molecule has 0 bridgehead atoms. The van der Waals surface area contributed by atoms with E-state index in [4.69, 9.17) is 9.15 Å². The van der Waals surface area contributed by atoms with Crippen LogP contribution in [0.5, 0.6) is 11.5 Å². The quantitative estimate of drug-likeness (QED) is 0.436. The molecule has 2 aromatic carbocycles. The van der Waals surface area contributed by atoms with Crippen LogP contribution in [0, 0.1) is 0 Å². The number of hydrogen-bond donors (Lipinski definition) is 1. The van der Waals surface area contributed by atoms with Gasteiger partial charge in [-0.1, -0.05) is 24.3 Å². The Balaban J connectivity index is 0.00000147. The first-order valence-electron chi connectivity index (χ1n) is 5.60. The second kappa shape index (κ2) is 5.82. The van der Waals surface area contributed by atoms with Gasteiger partial charge in [-0.2, -0.15) is 0 Å². The van der Waals surface area contributed by atoms with Crippen molar-refractivity contribution in [1.82, 2.24) is 4.98 Å². The Hall–Kier alpha value is -2.22. The average molecular weight is 262 g/mol. The molecule has 1 heterocycles. The van der Waals surface area contributed by atoms with Gasteiger partial charge in [-0.3, -0.25) is 0 Å². The molecule has 3 aromatic rings. The summed E-state index contributed by atoms with van der Waals surface area (Å²) >= 11 is 0. The second-order valence-corrected chi connectivity index (χ2v) is 3.84. The van der Waals surface area contributed by atoms with Crippen LogP contribution in [-0.4, -0.2) is 34.9 Å². The van der Waals surface area contributed by atoms with Crippen LogP contribution in [0.1, 0.15) is 10.7 Å². The van der Waals surface area contributed by atoms with Gasteiger partial charge < -0.3 is 14.3 Å². The van der Waals surface area contributed by atoms with Gasteiger partial charge in [0.25, 0.3) is 0 Å². The molecule has 0 aliphatic rings. The molecule has 0 saturated heterocycles. The van der Waals surface area contributed by atoms with Crippen molar-refractivity contribution in [3.63, 3.8) is 0 Å². The summed E-state index contributed by atoms with van der Waals surface area (Å²) in [7, 11) is 0. The molecule has 5 nitrogen and oxygen atoms in total. The average Bonchev–Trinajstić information content (AvgIpc) is 2.85. The van der Waals surface area contributed by atoms with Gasteiger partial charge >= 0.3 is 11.9 Å². The fourth-order valence-electron chi connectivity index (χ4n) is 1.65. The maximum atomic E-state index is 11.8. The third-order valence-corrected chi connectivity index (χ3v) is 2.54. The molecule has 1 aromatic heterocycles. The first kappa shape index (κ1) is 14.2. The molecule has 3 rings (SSSR count). The summed E-state index contributed by atoms with van der Waals surface area (Å²) < 4.78 is 10.3. The van der Waals surface area contributed by atoms with Gasteiger partial charge in [0.15, 0.2) is 17.1 Å². The van der Waals surface area contributed by atoms with E-state index in [1.165, 1.54) is 12.1 Å². The van der Waals surface area contributed by atoms with E-state index in [9.17, 15) is 9.90 Å². The Morgan fingerprint density at radius 3 is 2.55 bits per heavy atom. The fourth-order valence-corrected chi connectivity index (χ4v) is 1.65. The van der Waals surface area contributed by atoms with Crippen LogP contribution in [0.3, 0.4) is 0 Å². The number of carbonyl (C=O) groups excluding carboxylic acids is 1. The third kappa shape index (κ3) is 2.69. The summed E-state index contributed by atoms with van der Waals surface area (Å²) in [5.41, 5.74) is 1.08. The minimum absolute atomic E-state index is 0. The monoisotopic (exact) mass is 262 g/mol. The number of phenolic OH excluding ortho intramolecular Hbond substituents is 1. The van der Waals surface area contributed by atoms with Crippen LogP contribution in [0.15, 0.2) is 52.9 Å². The van der Waals surface area contributed by atoms with Gasteiger partial charge in [-0.15, -0.1) is 0 Å². The van der Waals surface area contributed by atoms with Crippen LogP contribution in [0.4, 0.5) is 0 Å². The standard InChI is InChI=1S/C14H9NO4.Li/c16-10-6-2-4-8-12(10)19-14(17)13-15-9-5-1-3-7-11(9)18-13;/h1-8,16H;. The molecule has 0 unspecified atom stereocenters. The summed E-state index contributed by atoms with van der Waals surface area (Å²) in [4.78, 5) is 15.9. The number of benzene rings is 2. The van der Waals surface area contributed by atoms with Crippen LogP contribution < -0.4 is 4.74 Å². The Morgan fingerprint density at radius 1 is 1.10 bits per heavy atom. The topological polar surface area (TPSA) is 72.6 Å². The molecule has 20 heavy (non-hydrogen) atoms. The second-order valence-electron chi connectivity index (χ2n) is 3.84. The summed E-state index contributed by atoms with van der Waals surface area (Å²) in [5, 5.41) is 9.52. The number of nitrogens with zero attached hydrogens (tertiary/aromatic N) is 1. The molecule has 0 spiro atoms. The minimum Gasteiger partial charge on any atom is -0.504 e. The molecule has 0 aliphatic heterocycles. The van der Waals surface area contributed by atoms with Crippen LogP contribution in [0.25, 0.3) is 11.1 Å². The molecule has 0 atom stereocenters. The summed E-state index contributed by atoms with van der Waals surface area (Å²) in [6.45, 7) is 0. The first-order chi connectivity index (χ1) is 9.24. The third-order valence-electron chi connectivity index (χ3n) is 2.54. The van der Waals surface area contributed by atoms with Crippen molar-refractivity contribution in [2.24, 2.45) is 0 Å². The zero-order chi connectivity index (χ0) is 13.2. The van der Waals surface area contributed by atoms with Gasteiger partial charge in [-0.05, 0) is 24.3 Å². The van der Waals surface area contributed by atoms with Crippen LogP contribution >= 0.6 is 0 Å². The predicted octanol–water partition coefficient (Wildman–Crippen LogP) is 2.37. The molecule has 1 N–H and O–H groups in total. The molecule has 1 radical (unpaired) electrons. The summed E-state index contributed by atoms with van der Waals surface area (Å²) in [6, 6.07) is 13.2. The number of phenols is 1. The maximum absolute atomic E-state index is 11.8. The molecule has 0 amide bonds. The number of ether oxygens (including phenoxy) is 1. The van der Waals surface area contributed by atoms with Crippen LogP contribution in [-0.2, 0) is 0 Å². The molecule has 0 fully saturated rings. The summed E-state index contributed by atoms with van der Waals surface area (Å²) in [5.74, 6) is -0.955. The van der Waals surface area contributed by atoms with Crippen molar-refractivity contribution < 1.29 is 19.1 Å². The Morgan fingerprint density at radius 2 is 1.80 bits per heavy atom. The van der Waals surface area contributed by atoms with E-state index in [1.807, 2.05) is 0 Å². The summed E-state index contributed by atoms with van der Waals surface area (Å²) in [6.07, 6.45) is 0. The zero-order valence-corrected chi connectivity index (χ0v) is 10.7. The van der Waals surface area contributed by atoms with Gasteiger partial charge in [0.1, 0.15) is 5.52 Å². The van der Waals surface area contributed by atoms with Crippen molar-refractivity contribution in [3.8, 4) is 11.5 Å². The molecule has 6 heteroatoms. The number of rotatable bonds is 2. The molecule has 95 valence electrons. The van der Waals surface area contributed by atoms with Gasteiger partial charge in [0.2, 0.25) is 0 Å². The van der Waals surface area contributed by atoms with E-state index in [0.717, 1.165) is 0 Å². The smallest absolute Gasteiger partial charge is 0.400 e. The number of oxazole rings is 1. The maximum Gasteiger partial charge on any atom is 0.400 e. The fraction of sp³-hybridized carbons (Fsp3) is 0. The zero-order valence-electron chi connectivity index (χ0n) is 10.7. The first-order valence-corrected chi connectivity index (χ1v) is 5.60. The van der Waals surface area contributed by atoms with Crippen molar-refractivity contribution in [2.75, 3.05) is 0 Å². The van der Waals surface area contributed by atoms with Crippen molar-refractivity contribution in [2.45, 2.75) is 0 Å². The Bertz CT molecular complexity index is 721. The number of aromatic hydroxyl groups is 1. The van der Waals surface area contributed by atoms with E-state index < -0.39 is 5.97 Å². The van der Waals surface area contributed by atoms with Crippen molar-refractivity contribution in [1.29, 1.82) is 0 Å². The molecule has 0 aliphatic carbocycles. The number of esters is 1. The minimum atomic E-state index is -0.752. The number of fused-ring (bicyclic) bond motifs is 1.